The van der Waals surface area contributed by atoms with Crippen LogP contribution in [0.5, 0.6) is 0 Å². The minimum absolute atomic E-state index is 0.627. The van der Waals surface area contributed by atoms with Crippen molar-refractivity contribution in [2.24, 2.45) is 0 Å². The van der Waals surface area contributed by atoms with Gasteiger partial charge in [0.25, 0.3) is 0 Å². The first kappa shape index (κ1) is 11.8. The topological polar surface area (TPSA) is 61.6 Å². The second kappa shape index (κ2) is 5.10. The highest BCUT2D eigenvalue weighted by Crippen LogP contribution is 2.23. The lowest BCUT2D eigenvalue weighted by Crippen LogP contribution is -1.99. The molecule has 0 amide bonds. The first-order valence-electron chi connectivity index (χ1n) is 4.94. The fraction of sp³-hybridized carbons (Fsp3) is 0.0833. The van der Waals surface area contributed by atoms with E-state index in [0.717, 1.165) is 20.6 Å². The van der Waals surface area contributed by atoms with Crippen molar-refractivity contribution >= 4 is 34.1 Å². The van der Waals surface area contributed by atoms with Crippen LogP contribution in [0, 0.1) is 21.8 Å². The van der Waals surface area contributed by atoms with Gasteiger partial charge in [0.1, 0.15) is 12.1 Å². The largest absolute Gasteiger partial charge is 0.339 e. The predicted molar refractivity (Wildman–Crippen MR) is 73.9 cm³/mol. The van der Waals surface area contributed by atoms with E-state index < -0.39 is 0 Å². The predicted octanol–water partition coefficient (Wildman–Crippen LogP) is 3.00. The van der Waals surface area contributed by atoms with Crippen molar-refractivity contribution in [1.82, 2.24) is 9.97 Å². The summed E-state index contributed by atoms with van der Waals surface area (Å²) in [5.74, 6) is 0.749. The molecule has 5 heteroatoms. The highest BCUT2D eigenvalue weighted by molar-refractivity contribution is 14.1. The highest BCUT2D eigenvalue weighted by atomic mass is 127. The number of aromatic nitrogens is 2. The molecule has 0 aliphatic rings. The van der Waals surface area contributed by atoms with E-state index in [4.69, 9.17) is 5.26 Å². The zero-order chi connectivity index (χ0) is 12.3. The lowest BCUT2D eigenvalue weighted by Gasteiger charge is -2.09. The van der Waals surface area contributed by atoms with Gasteiger partial charge in [0.15, 0.2) is 0 Å². The standard InChI is InChI=1S/C12H9IN4/c1-8-2-3-9(5-14)4-11(8)17-12-10(13)6-15-7-16-12/h2-4,6-7H,1H3,(H,15,16,17). The van der Waals surface area contributed by atoms with Crippen molar-refractivity contribution in [2.75, 3.05) is 5.32 Å². The molecule has 0 atom stereocenters. The molecule has 2 rings (SSSR count). The van der Waals surface area contributed by atoms with Gasteiger partial charge in [-0.15, -0.1) is 0 Å². The van der Waals surface area contributed by atoms with Gasteiger partial charge in [-0.2, -0.15) is 5.26 Å². The minimum atomic E-state index is 0.627. The van der Waals surface area contributed by atoms with Crippen LogP contribution in [0.15, 0.2) is 30.7 Å². The fourth-order valence-corrected chi connectivity index (χ4v) is 1.79. The molecule has 1 aromatic heterocycles. The normalized spacial score (nSPS) is 9.71. The molecule has 0 saturated carbocycles. The average Bonchev–Trinajstić information content (AvgIpc) is 2.35. The Kier molecular flexibility index (Phi) is 3.54. The zero-order valence-electron chi connectivity index (χ0n) is 9.11. The number of aryl methyl sites for hydroxylation is 1. The third-order valence-electron chi connectivity index (χ3n) is 2.29. The SMILES string of the molecule is Cc1ccc(C#N)cc1Nc1ncncc1I. The third-order valence-corrected chi connectivity index (χ3v) is 3.08. The van der Waals surface area contributed by atoms with Gasteiger partial charge in [-0.25, -0.2) is 9.97 Å². The van der Waals surface area contributed by atoms with Crippen molar-refractivity contribution in [3.63, 3.8) is 0 Å². The van der Waals surface area contributed by atoms with E-state index in [1.807, 2.05) is 19.1 Å². The van der Waals surface area contributed by atoms with E-state index in [2.05, 4.69) is 43.9 Å². The van der Waals surface area contributed by atoms with E-state index in [-0.39, 0.29) is 0 Å². The first-order valence-corrected chi connectivity index (χ1v) is 6.02. The van der Waals surface area contributed by atoms with E-state index in [9.17, 15) is 0 Å². The van der Waals surface area contributed by atoms with Crippen LogP contribution >= 0.6 is 22.6 Å². The maximum Gasteiger partial charge on any atom is 0.147 e. The molecule has 0 bridgehead atoms. The van der Waals surface area contributed by atoms with Crippen LogP contribution < -0.4 is 5.32 Å². The van der Waals surface area contributed by atoms with Gasteiger partial charge in [-0.05, 0) is 47.2 Å². The van der Waals surface area contributed by atoms with Gasteiger partial charge in [-0.3, -0.25) is 0 Å². The van der Waals surface area contributed by atoms with Crippen LogP contribution in [-0.4, -0.2) is 9.97 Å². The summed E-state index contributed by atoms with van der Waals surface area (Å²) in [6, 6.07) is 7.64. The molecule has 0 radical (unpaired) electrons. The molecular weight excluding hydrogens is 327 g/mol. The van der Waals surface area contributed by atoms with E-state index in [1.54, 1.807) is 12.3 Å². The molecule has 0 aliphatic heterocycles. The molecule has 0 saturated heterocycles. The average molecular weight is 336 g/mol. The number of nitriles is 1. The molecule has 1 N–H and O–H groups in total. The number of nitrogens with one attached hydrogen (secondary N) is 1. The Morgan fingerprint density at radius 2 is 2.24 bits per heavy atom. The van der Waals surface area contributed by atoms with Crippen LogP contribution in [0.4, 0.5) is 11.5 Å². The number of benzene rings is 1. The van der Waals surface area contributed by atoms with Crippen LogP contribution in [0.3, 0.4) is 0 Å². The van der Waals surface area contributed by atoms with Gasteiger partial charge in [-0.1, -0.05) is 6.07 Å². The quantitative estimate of drug-likeness (QED) is 0.857. The number of hydrogen-bond acceptors (Lipinski definition) is 4. The number of nitrogens with zero attached hydrogens (tertiary/aromatic N) is 3. The number of hydrogen-bond donors (Lipinski definition) is 1. The monoisotopic (exact) mass is 336 g/mol. The van der Waals surface area contributed by atoms with Crippen LogP contribution in [-0.2, 0) is 0 Å². The van der Waals surface area contributed by atoms with Crippen molar-refractivity contribution < 1.29 is 0 Å². The molecule has 0 spiro atoms. The smallest absolute Gasteiger partial charge is 0.147 e. The molecule has 1 heterocycles. The number of halogens is 1. The van der Waals surface area contributed by atoms with Gasteiger partial charge in [0.05, 0.1) is 15.2 Å². The zero-order valence-corrected chi connectivity index (χ0v) is 11.3. The Balaban J connectivity index is 2.37. The molecule has 0 fully saturated rings. The van der Waals surface area contributed by atoms with E-state index in [1.165, 1.54) is 6.33 Å². The van der Waals surface area contributed by atoms with Crippen molar-refractivity contribution in [2.45, 2.75) is 6.92 Å². The summed E-state index contributed by atoms with van der Waals surface area (Å²) in [6.07, 6.45) is 3.23. The van der Waals surface area contributed by atoms with Crippen molar-refractivity contribution in [1.29, 1.82) is 5.26 Å². The van der Waals surface area contributed by atoms with Gasteiger partial charge >= 0.3 is 0 Å². The van der Waals surface area contributed by atoms with E-state index >= 15 is 0 Å². The second-order valence-corrected chi connectivity index (χ2v) is 4.65. The highest BCUT2D eigenvalue weighted by Gasteiger charge is 2.04. The summed E-state index contributed by atoms with van der Waals surface area (Å²) in [5.41, 5.74) is 2.58. The maximum atomic E-state index is 8.87. The number of rotatable bonds is 2. The summed E-state index contributed by atoms with van der Waals surface area (Å²) in [7, 11) is 0. The van der Waals surface area contributed by atoms with Gasteiger partial charge in [0.2, 0.25) is 0 Å². The first-order chi connectivity index (χ1) is 8.20. The Bertz CT molecular complexity index is 589. The van der Waals surface area contributed by atoms with E-state index in [0.29, 0.717) is 5.56 Å². The molecule has 4 nitrogen and oxygen atoms in total. The van der Waals surface area contributed by atoms with Crippen molar-refractivity contribution in [3.05, 3.63) is 45.4 Å². The summed E-state index contributed by atoms with van der Waals surface area (Å²) >= 11 is 2.16. The molecular formula is C12H9IN4. The third kappa shape index (κ3) is 2.71. The summed E-state index contributed by atoms with van der Waals surface area (Å²) in [5, 5.41) is 12.1. The summed E-state index contributed by atoms with van der Waals surface area (Å²) in [6.45, 7) is 1.98. The van der Waals surface area contributed by atoms with Gasteiger partial charge in [0, 0.05) is 11.9 Å². The molecule has 1 aromatic carbocycles. The van der Waals surface area contributed by atoms with Crippen LogP contribution in [0.25, 0.3) is 0 Å². The summed E-state index contributed by atoms with van der Waals surface area (Å²) in [4.78, 5) is 8.09. The molecule has 2 aromatic rings. The maximum absolute atomic E-state index is 8.87. The Morgan fingerprint density at radius 3 is 2.94 bits per heavy atom. The molecule has 17 heavy (non-hydrogen) atoms. The van der Waals surface area contributed by atoms with Crippen molar-refractivity contribution in [3.8, 4) is 6.07 Å². The number of anilines is 2. The Labute approximate surface area is 113 Å². The Morgan fingerprint density at radius 1 is 1.41 bits per heavy atom. The Hall–Kier alpha value is -1.68. The lowest BCUT2D eigenvalue weighted by atomic mass is 10.1. The van der Waals surface area contributed by atoms with Crippen LogP contribution in [0.1, 0.15) is 11.1 Å². The van der Waals surface area contributed by atoms with Crippen LogP contribution in [0.2, 0.25) is 0 Å². The second-order valence-electron chi connectivity index (χ2n) is 3.49. The summed E-state index contributed by atoms with van der Waals surface area (Å²) < 4.78 is 0.937. The molecule has 84 valence electrons. The minimum Gasteiger partial charge on any atom is -0.339 e. The molecule has 0 aliphatic carbocycles. The molecule has 0 unspecified atom stereocenters. The van der Waals surface area contributed by atoms with Gasteiger partial charge < -0.3 is 5.32 Å². The lowest BCUT2D eigenvalue weighted by molar-refractivity contribution is 1.15. The fourth-order valence-electron chi connectivity index (χ4n) is 1.36.